The average Bonchev–Trinajstić information content (AvgIpc) is 2.36. The molecule has 2 heteroatoms. The van der Waals surface area contributed by atoms with Gasteiger partial charge in [0.1, 0.15) is 0 Å². The summed E-state index contributed by atoms with van der Waals surface area (Å²) in [5.41, 5.74) is 0.743. The zero-order chi connectivity index (χ0) is 12.0. The molecule has 16 heavy (non-hydrogen) atoms. The Morgan fingerprint density at radius 2 is 1.94 bits per heavy atom. The van der Waals surface area contributed by atoms with E-state index >= 15 is 0 Å². The molecule has 1 rings (SSSR count). The summed E-state index contributed by atoms with van der Waals surface area (Å²) in [4.78, 5) is 2.23. The molecule has 0 aliphatic carbocycles. The first-order chi connectivity index (χ1) is 7.62. The Morgan fingerprint density at radius 1 is 1.31 bits per heavy atom. The Balaban J connectivity index is 2.76. The zero-order valence-corrected chi connectivity index (χ0v) is 10.4. The second kappa shape index (κ2) is 5.67. The molecule has 86 valence electrons. The maximum absolute atomic E-state index is 9.36. The third-order valence-corrected chi connectivity index (χ3v) is 3.19. The van der Waals surface area contributed by atoms with Crippen LogP contribution in [0.4, 0.5) is 0 Å². The van der Waals surface area contributed by atoms with Gasteiger partial charge < -0.3 is 4.90 Å². The van der Waals surface area contributed by atoms with Crippen LogP contribution in [-0.2, 0) is 5.41 Å². The largest absolute Gasteiger partial charge is 0.307 e. The molecule has 0 aliphatic rings. The van der Waals surface area contributed by atoms with Crippen molar-refractivity contribution in [1.82, 2.24) is 4.90 Å². The smallest absolute Gasteiger partial charge is 0.0806 e. The number of hydrogen-bond acceptors (Lipinski definition) is 2. The van der Waals surface area contributed by atoms with E-state index in [2.05, 4.69) is 24.9 Å². The van der Waals surface area contributed by atoms with Gasteiger partial charge in [0.15, 0.2) is 0 Å². The van der Waals surface area contributed by atoms with Gasteiger partial charge >= 0.3 is 0 Å². The first-order valence-corrected chi connectivity index (χ1v) is 5.77. The summed E-state index contributed by atoms with van der Waals surface area (Å²) in [5.74, 6) is 0. The fourth-order valence-electron chi connectivity index (χ4n) is 1.64. The lowest BCUT2D eigenvalue weighted by atomic mass is 9.81. The van der Waals surface area contributed by atoms with E-state index in [0.29, 0.717) is 0 Å². The minimum atomic E-state index is -0.370. The normalized spacial score (nSPS) is 14.4. The molecule has 0 N–H and O–H groups in total. The molecule has 1 unspecified atom stereocenters. The summed E-state index contributed by atoms with van der Waals surface area (Å²) in [5, 5.41) is 9.36. The third-order valence-electron chi connectivity index (χ3n) is 3.19. The average molecular weight is 216 g/mol. The van der Waals surface area contributed by atoms with Gasteiger partial charge in [0.2, 0.25) is 0 Å². The summed E-state index contributed by atoms with van der Waals surface area (Å²) >= 11 is 0. The summed E-state index contributed by atoms with van der Waals surface area (Å²) in [6, 6.07) is 12.5. The van der Waals surface area contributed by atoms with Gasteiger partial charge in [-0.3, -0.25) is 0 Å². The van der Waals surface area contributed by atoms with Crippen LogP contribution in [0.5, 0.6) is 0 Å². The first kappa shape index (κ1) is 12.7. The standard InChI is InChI=1S/C14H20N2/c1-4-16(3)11-10-14(2,12-15)13-8-6-5-7-9-13/h5-9H,4,10-11H2,1-3H3. The topological polar surface area (TPSA) is 27.0 Å². The fourth-order valence-corrected chi connectivity index (χ4v) is 1.64. The molecule has 1 aromatic carbocycles. The predicted octanol–water partition coefficient (Wildman–Crippen LogP) is 2.81. The van der Waals surface area contributed by atoms with Gasteiger partial charge in [0.25, 0.3) is 0 Å². The molecular formula is C14H20N2. The van der Waals surface area contributed by atoms with Crippen LogP contribution in [0.2, 0.25) is 0 Å². The van der Waals surface area contributed by atoms with Gasteiger partial charge in [0, 0.05) is 0 Å². The van der Waals surface area contributed by atoms with E-state index in [-0.39, 0.29) is 5.41 Å². The van der Waals surface area contributed by atoms with Crippen molar-refractivity contribution in [2.24, 2.45) is 0 Å². The molecule has 0 amide bonds. The number of hydrogen-bond donors (Lipinski definition) is 0. The molecule has 0 aliphatic heterocycles. The quantitative estimate of drug-likeness (QED) is 0.756. The van der Waals surface area contributed by atoms with Gasteiger partial charge in [-0.15, -0.1) is 0 Å². The van der Waals surface area contributed by atoms with E-state index in [1.165, 1.54) is 0 Å². The SMILES string of the molecule is CCN(C)CCC(C)(C#N)c1ccccc1. The number of nitrogens with zero attached hydrogens (tertiary/aromatic N) is 2. The summed E-state index contributed by atoms with van der Waals surface area (Å²) < 4.78 is 0. The molecule has 0 aromatic heterocycles. The van der Waals surface area contributed by atoms with E-state index in [1.54, 1.807) is 0 Å². The molecule has 2 nitrogen and oxygen atoms in total. The molecule has 0 radical (unpaired) electrons. The van der Waals surface area contributed by atoms with E-state index < -0.39 is 0 Å². The lowest BCUT2D eigenvalue weighted by Gasteiger charge is -2.25. The van der Waals surface area contributed by atoms with Crippen molar-refractivity contribution in [2.75, 3.05) is 20.1 Å². The van der Waals surface area contributed by atoms with E-state index in [1.807, 2.05) is 37.3 Å². The van der Waals surface area contributed by atoms with E-state index in [9.17, 15) is 5.26 Å². The highest BCUT2D eigenvalue weighted by Crippen LogP contribution is 2.26. The lowest BCUT2D eigenvalue weighted by Crippen LogP contribution is -2.28. The summed E-state index contributed by atoms with van der Waals surface area (Å²) in [6.45, 7) is 6.13. The van der Waals surface area contributed by atoms with E-state index in [4.69, 9.17) is 0 Å². The molecule has 1 atom stereocenters. The van der Waals surface area contributed by atoms with Gasteiger partial charge in [0.05, 0.1) is 11.5 Å². The van der Waals surface area contributed by atoms with Crippen molar-refractivity contribution in [2.45, 2.75) is 25.7 Å². The highest BCUT2D eigenvalue weighted by atomic mass is 15.1. The number of benzene rings is 1. The third kappa shape index (κ3) is 3.08. The minimum absolute atomic E-state index is 0.370. The molecule has 0 saturated carbocycles. The monoisotopic (exact) mass is 216 g/mol. The van der Waals surface area contributed by atoms with Crippen molar-refractivity contribution < 1.29 is 0 Å². The van der Waals surface area contributed by atoms with Gasteiger partial charge in [-0.1, -0.05) is 37.3 Å². The van der Waals surface area contributed by atoms with Crippen LogP contribution in [0.15, 0.2) is 30.3 Å². The van der Waals surface area contributed by atoms with Crippen LogP contribution in [0.25, 0.3) is 0 Å². The summed E-state index contributed by atoms with van der Waals surface area (Å²) in [6.07, 6.45) is 0.873. The first-order valence-electron chi connectivity index (χ1n) is 5.77. The minimum Gasteiger partial charge on any atom is -0.307 e. The number of rotatable bonds is 5. The lowest BCUT2D eigenvalue weighted by molar-refractivity contribution is 0.321. The molecule has 1 aromatic rings. The molecule has 0 heterocycles. The van der Waals surface area contributed by atoms with Gasteiger partial charge in [-0.2, -0.15) is 5.26 Å². The van der Waals surface area contributed by atoms with Crippen LogP contribution >= 0.6 is 0 Å². The Kier molecular flexibility index (Phi) is 4.52. The maximum atomic E-state index is 9.36. The fraction of sp³-hybridized carbons (Fsp3) is 0.500. The molecule has 0 spiro atoms. The van der Waals surface area contributed by atoms with Crippen LogP contribution in [0.1, 0.15) is 25.8 Å². The van der Waals surface area contributed by atoms with Gasteiger partial charge in [-0.05, 0) is 39.0 Å². The highest BCUT2D eigenvalue weighted by Gasteiger charge is 2.25. The van der Waals surface area contributed by atoms with Crippen molar-refractivity contribution in [3.8, 4) is 6.07 Å². The molecular weight excluding hydrogens is 196 g/mol. The van der Waals surface area contributed by atoms with Crippen LogP contribution in [0, 0.1) is 11.3 Å². The van der Waals surface area contributed by atoms with Gasteiger partial charge in [-0.25, -0.2) is 0 Å². The predicted molar refractivity (Wildman–Crippen MR) is 67.2 cm³/mol. The number of nitriles is 1. The Labute approximate surface area is 98.5 Å². The van der Waals surface area contributed by atoms with Crippen LogP contribution in [-0.4, -0.2) is 25.0 Å². The van der Waals surface area contributed by atoms with Crippen molar-refractivity contribution in [3.05, 3.63) is 35.9 Å². The second-order valence-corrected chi connectivity index (χ2v) is 4.46. The second-order valence-electron chi connectivity index (χ2n) is 4.46. The Bertz CT molecular complexity index is 353. The molecule has 0 saturated heterocycles. The highest BCUT2D eigenvalue weighted by molar-refractivity contribution is 5.30. The van der Waals surface area contributed by atoms with Crippen molar-refractivity contribution in [1.29, 1.82) is 5.26 Å². The van der Waals surface area contributed by atoms with Crippen molar-refractivity contribution in [3.63, 3.8) is 0 Å². The van der Waals surface area contributed by atoms with Crippen LogP contribution in [0.3, 0.4) is 0 Å². The van der Waals surface area contributed by atoms with E-state index in [0.717, 1.165) is 25.1 Å². The van der Waals surface area contributed by atoms with Crippen LogP contribution < -0.4 is 0 Å². The molecule has 0 bridgehead atoms. The summed E-state index contributed by atoms with van der Waals surface area (Å²) in [7, 11) is 2.09. The maximum Gasteiger partial charge on any atom is 0.0806 e. The Hall–Kier alpha value is -1.33. The zero-order valence-electron chi connectivity index (χ0n) is 10.4. The molecule has 0 fully saturated rings. The Morgan fingerprint density at radius 3 is 2.44 bits per heavy atom. The van der Waals surface area contributed by atoms with Crippen molar-refractivity contribution >= 4 is 0 Å².